The SMILES string of the molecule is CC(C)(C)c1ccc([Si](OCC2CCC(O)(CCO)CC2)c2ccccc2)cc1. The van der Waals surface area contributed by atoms with E-state index in [0.29, 0.717) is 12.3 Å². The summed E-state index contributed by atoms with van der Waals surface area (Å²) in [5.74, 6) is 0.478. The van der Waals surface area contributed by atoms with E-state index in [1.165, 1.54) is 15.9 Å². The van der Waals surface area contributed by atoms with E-state index in [1.807, 2.05) is 0 Å². The maximum absolute atomic E-state index is 10.5. The Balaban J connectivity index is 1.69. The molecule has 0 heterocycles. The van der Waals surface area contributed by atoms with Gasteiger partial charge in [0.25, 0.3) is 9.04 Å². The molecule has 2 aromatic rings. The van der Waals surface area contributed by atoms with Crippen molar-refractivity contribution in [1.29, 1.82) is 0 Å². The lowest BCUT2D eigenvalue weighted by molar-refractivity contribution is -0.0319. The van der Waals surface area contributed by atoms with Crippen LogP contribution in [0.4, 0.5) is 0 Å². The first-order valence-electron chi connectivity index (χ1n) is 10.8. The average Bonchev–Trinajstić information content (AvgIpc) is 2.70. The van der Waals surface area contributed by atoms with Crippen LogP contribution in [-0.2, 0) is 9.84 Å². The number of benzene rings is 2. The van der Waals surface area contributed by atoms with Crippen LogP contribution in [0.5, 0.6) is 0 Å². The van der Waals surface area contributed by atoms with Gasteiger partial charge in [-0.25, -0.2) is 0 Å². The van der Waals surface area contributed by atoms with E-state index in [0.717, 1.165) is 32.3 Å². The molecular formula is C25H35O3Si. The maximum atomic E-state index is 10.5. The van der Waals surface area contributed by atoms with Crippen LogP contribution in [0.2, 0.25) is 0 Å². The molecule has 3 nitrogen and oxygen atoms in total. The zero-order valence-corrected chi connectivity index (χ0v) is 19.0. The van der Waals surface area contributed by atoms with Crippen molar-refractivity contribution in [3.63, 3.8) is 0 Å². The molecule has 0 aliphatic heterocycles. The van der Waals surface area contributed by atoms with Crippen molar-refractivity contribution in [1.82, 2.24) is 0 Å². The molecule has 1 saturated carbocycles. The van der Waals surface area contributed by atoms with Crippen LogP contribution >= 0.6 is 0 Å². The van der Waals surface area contributed by atoms with Gasteiger partial charge in [-0.15, -0.1) is 0 Å². The topological polar surface area (TPSA) is 49.7 Å². The normalized spacial score (nSPS) is 22.8. The molecule has 157 valence electrons. The third-order valence-electron chi connectivity index (χ3n) is 6.13. The van der Waals surface area contributed by atoms with Crippen molar-refractivity contribution in [3.05, 3.63) is 60.2 Å². The fourth-order valence-electron chi connectivity index (χ4n) is 4.09. The molecule has 0 unspecified atom stereocenters. The van der Waals surface area contributed by atoms with Crippen LogP contribution in [-0.4, -0.2) is 38.1 Å². The van der Waals surface area contributed by atoms with Gasteiger partial charge in [-0.2, -0.15) is 0 Å². The van der Waals surface area contributed by atoms with Gasteiger partial charge in [-0.1, -0.05) is 75.4 Å². The Morgan fingerprint density at radius 2 is 1.55 bits per heavy atom. The van der Waals surface area contributed by atoms with Gasteiger partial charge in [0.15, 0.2) is 0 Å². The van der Waals surface area contributed by atoms with Crippen LogP contribution in [0, 0.1) is 5.92 Å². The summed E-state index contributed by atoms with van der Waals surface area (Å²) in [7, 11) is -1.30. The summed E-state index contributed by atoms with van der Waals surface area (Å²) in [6, 6.07) is 19.5. The van der Waals surface area contributed by atoms with Crippen molar-refractivity contribution < 1.29 is 14.6 Å². The summed E-state index contributed by atoms with van der Waals surface area (Å²) in [6.07, 6.45) is 3.93. The predicted octanol–water partition coefficient (Wildman–Crippen LogP) is 3.41. The first-order chi connectivity index (χ1) is 13.8. The smallest absolute Gasteiger partial charge is 0.282 e. The van der Waals surface area contributed by atoms with Gasteiger partial charge in [0.05, 0.1) is 5.60 Å². The zero-order chi connectivity index (χ0) is 20.9. The van der Waals surface area contributed by atoms with Gasteiger partial charge >= 0.3 is 0 Å². The lowest BCUT2D eigenvalue weighted by atomic mass is 9.77. The minimum absolute atomic E-state index is 0.0589. The van der Waals surface area contributed by atoms with E-state index in [4.69, 9.17) is 9.53 Å². The Morgan fingerprint density at radius 3 is 2.10 bits per heavy atom. The molecule has 0 aromatic heterocycles. The Hall–Kier alpha value is -1.46. The molecule has 2 aromatic carbocycles. The van der Waals surface area contributed by atoms with Gasteiger partial charge in [-0.05, 0) is 59.4 Å². The molecule has 29 heavy (non-hydrogen) atoms. The molecule has 0 bridgehead atoms. The van der Waals surface area contributed by atoms with Gasteiger partial charge in [-0.3, -0.25) is 0 Å². The standard InChI is InChI=1S/C25H35O3Si/c1-24(2,3)21-9-11-23(12-10-21)29(22-7-5-4-6-8-22)28-19-20-13-15-25(27,16-14-20)17-18-26/h4-12,20,26-27H,13-19H2,1-3H3. The highest BCUT2D eigenvalue weighted by molar-refractivity contribution is 6.80. The van der Waals surface area contributed by atoms with Crippen molar-refractivity contribution in [2.45, 2.75) is 63.9 Å². The number of aliphatic hydroxyl groups excluding tert-OH is 1. The zero-order valence-electron chi connectivity index (χ0n) is 18.0. The average molecular weight is 412 g/mol. The van der Waals surface area contributed by atoms with E-state index in [1.54, 1.807) is 0 Å². The van der Waals surface area contributed by atoms with Crippen molar-refractivity contribution >= 4 is 19.4 Å². The van der Waals surface area contributed by atoms with Crippen LogP contribution in [0.25, 0.3) is 0 Å². The summed E-state index contributed by atoms with van der Waals surface area (Å²) < 4.78 is 6.58. The third-order valence-corrected chi connectivity index (χ3v) is 8.30. The second-order valence-electron chi connectivity index (χ2n) is 9.47. The second kappa shape index (κ2) is 9.56. The minimum Gasteiger partial charge on any atom is -0.407 e. The molecular weight excluding hydrogens is 376 g/mol. The quantitative estimate of drug-likeness (QED) is 0.687. The largest absolute Gasteiger partial charge is 0.407 e. The molecule has 1 aliphatic rings. The van der Waals surface area contributed by atoms with Gasteiger partial charge in [0.2, 0.25) is 0 Å². The predicted molar refractivity (Wildman–Crippen MR) is 121 cm³/mol. The molecule has 4 heteroatoms. The fourth-order valence-corrected chi connectivity index (χ4v) is 6.12. The number of aliphatic hydroxyl groups is 2. The number of hydrogen-bond donors (Lipinski definition) is 2. The van der Waals surface area contributed by atoms with E-state index >= 15 is 0 Å². The van der Waals surface area contributed by atoms with Crippen LogP contribution in [0.3, 0.4) is 0 Å². The first-order valence-corrected chi connectivity index (χ1v) is 12.2. The second-order valence-corrected chi connectivity index (χ2v) is 11.6. The van der Waals surface area contributed by atoms with Crippen LogP contribution in [0.15, 0.2) is 54.6 Å². The molecule has 3 rings (SSSR count). The molecule has 0 saturated heterocycles. The summed E-state index contributed by atoms with van der Waals surface area (Å²) in [6.45, 7) is 7.51. The van der Waals surface area contributed by atoms with E-state index in [-0.39, 0.29) is 12.0 Å². The highest BCUT2D eigenvalue weighted by Gasteiger charge is 2.33. The Labute approximate surface area is 177 Å². The molecule has 0 spiro atoms. The summed E-state index contributed by atoms with van der Waals surface area (Å²) in [4.78, 5) is 0. The van der Waals surface area contributed by atoms with E-state index in [2.05, 4.69) is 75.4 Å². The molecule has 1 fully saturated rings. The van der Waals surface area contributed by atoms with Crippen molar-refractivity contribution in [2.24, 2.45) is 5.92 Å². The highest BCUT2D eigenvalue weighted by Crippen LogP contribution is 2.34. The third kappa shape index (κ3) is 6.02. The van der Waals surface area contributed by atoms with E-state index < -0.39 is 14.6 Å². The molecule has 0 amide bonds. The van der Waals surface area contributed by atoms with Gasteiger partial charge < -0.3 is 14.6 Å². The Bertz CT molecular complexity index is 744. The number of hydrogen-bond acceptors (Lipinski definition) is 3. The van der Waals surface area contributed by atoms with Crippen molar-refractivity contribution in [2.75, 3.05) is 13.2 Å². The van der Waals surface area contributed by atoms with Crippen LogP contribution < -0.4 is 10.4 Å². The number of rotatable bonds is 7. The van der Waals surface area contributed by atoms with Gasteiger partial charge in [0.1, 0.15) is 0 Å². The molecule has 0 atom stereocenters. The van der Waals surface area contributed by atoms with Crippen LogP contribution in [0.1, 0.15) is 58.4 Å². The Morgan fingerprint density at radius 1 is 0.966 bits per heavy atom. The lowest BCUT2D eigenvalue weighted by Crippen LogP contribution is -2.46. The summed E-state index contributed by atoms with van der Waals surface area (Å²) >= 11 is 0. The molecule has 1 radical (unpaired) electrons. The monoisotopic (exact) mass is 411 g/mol. The minimum atomic E-state index is -1.30. The summed E-state index contributed by atoms with van der Waals surface area (Å²) in [5.41, 5.74) is 0.805. The van der Waals surface area contributed by atoms with Crippen molar-refractivity contribution in [3.8, 4) is 0 Å². The molecule has 2 N–H and O–H groups in total. The first kappa shape index (κ1) is 22.2. The lowest BCUT2D eigenvalue weighted by Gasteiger charge is -2.36. The maximum Gasteiger partial charge on any atom is 0.282 e. The molecule has 1 aliphatic carbocycles. The highest BCUT2D eigenvalue weighted by atomic mass is 28.3. The van der Waals surface area contributed by atoms with Gasteiger partial charge in [0, 0.05) is 13.2 Å². The Kier molecular flexibility index (Phi) is 7.33. The fraction of sp³-hybridized carbons (Fsp3) is 0.520. The summed E-state index contributed by atoms with van der Waals surface area (Å²) in [5, 5.41) is 22.2. The van der Waals surface area contributed by atoms with E-state index in [9.17, 15) is 5.11 Å².